The summed E-state index contributed by atoms with van der Waals surface area (Å²) < 4.78 is 1.12. The summed E-state index contributed by atoms with van der Waals surface area (Å²) in [5, 5.41) is 0. The van der Waals surface area contributed by atoms with E-state index in [0.717, 1.165) is 3.68 Å². The second-order valence-electron chi connectivity index (χ2n) is 2.61. The first-order valence-electron chi connectivity index (χ1n) is 3.84. The molecule has 54 valence electrons. The van der Waals surface area contributed by atoms with Crippen LogP contribution in [0.25, 0.3) is 10.4 Å². The number of aromatic nitrogens is 1. The second-order valence-corrected chi connectivity index (χ2v) is 3.84. The number of nitrogens with zero attached hydrogens (tertiary/aromatic N) is 1. The summed E-state index contributed by atoms with van der Waals surface area (Å²) >= 11 is 3.75. The molecular formula is C9H6LiNS. The van der Waals surface area contributed by atoms with Crippen molar-refractivity contribution in [1.82, 2.24) is 4.98 Å². The molecule has 0 bridgehead atoms. The molecule has 0 saturated heterocycles. The van der Waals surface area contributed by atoms with Crippen molar-refractivity contribution in [3.63, 3.8) is 0 Å². The first-order chi connectivity index (χ1) is 5.86. The summed E-state index contributed by atoms with van der Waals surface area (Å²) in [6.07, 6.45) is 1.93. The van der Waals surface area contributed by atoms with Gasteiger partial charge < -0.3 is 0 Å². The van der Waals surface area contributed by atoms with Gasteiger partial charge in [0.2, 0.25) is 0 Å². The van der Waals surface area contributed by atoms with E-state index in [2.05, 4.69) is 17.1 Å². The van der Waals surface area contributed by atoms with Gasteiger partial charge in [0.15, 0.2) is 0 Å². The van der Waals surface area contributed by atoms with Gasteiger partial charge in [0.05, 0.1) is 0 Å². The third kappa shape index (κ3) is 1.61. The van der Waals surface area contributed by atoms with Crippen LogP contribution in [0.15, 0.2) is 36.5 Å². The average Bonchev–Trinajstić information content (AvgIpc) is 2.54. The van der Waals surface area contributed by atoms with Crippen molar-refractivity contribution in [1.29, 1.82) is 0 Å². The molecule has 0 fully saturated rings. The number of benzene rings is 1. The fourth-order valence-electron chi connectivity index (χ4n) is 1.10. The molecular weight excluding hydrogens is 161 g/mol. The van der Waals surface area contributed by atoms with Gasteiger partial charge in [-0.3, -0.25) is 0 Å². The Morgan fingerprint density at radius 2 is 1.92 bits per heavy atom. The van der Waals surface area contributed by atoms with Crippen LogP contribution in [0.1, 0.15) is 0 Å². The molecule has 2 aromatic rings. The molecule has 2 rings (SSSR count). The maximum atomic E-state index is 4.21. The molecule has 1 nitrogen and oxygen atoms in total. The molecule has 12 heavy (non-hydrogen) atoms. The minimum absolute atomic E-state index is 1.12. The molecule has 0 saturated carbocycles. The Bertz CT molecular complexity index is 369. The minimum atomic E-state index is 1.12. The van der Waals surface area contributed by atoms with E-state index in [1.807, 2.05) is 42.1 Å². The molecule has 0 atom stereocenters. The summed E-state index contributed by atoms with van der Waals surface area (Å²) in [5.74, 6) is 0. The van der Waals surface area contributed by atoms with Crippen LogP contribution in [0.3, 0.4) is 0 Å². The van der Waals surface area contributed by atoms with E-state index in [9.17, 15) is 0 Å². The van der Waals surface area contributed by atoms with Crippen molar-refractivity contribution in [2.24, 2.45) is 0 Å². The maximum absolute atomic E-state index is 4.21. The summed E-state index contributed by atoms with van der Waals surface area (Å²) in [6.45, 7) is 0. The normalized spacial score (nSPS) is 10.2. The molecule has 0 unspecified atom stereocenters. The van der Waals surface area contributed by atoms with E-state index < -0.39 is 0 Å². The Balaban J connectivity index is 2.45. The number of thiazole rings is 1. The van der Waals surface area contributed by atoms with Crippen LogP contribution in [0.5, 0.6) is 0 Å². The molecule has 0 aliphatic carbocycles. The summed E-state index contributed by atoms with van der Waals surface area (Å²) in [7, 11) is 0. The molecule has 1 aromatic heterocycles. The van der Waals surface area contributed by atoms with Gasteiger partial charge in [-0.25, -0.2) is 0 Å². The van der Waals surface area contributed by atoms with Crippen LogP contribution >= 0.6 is 11.3 Å². The predicted octanol–water partition coefficient (Wildman–Crippen LogP) is 1.60. The van der Waals surface area contributed by atoms with Crippen molar-refractivity contribution >= 4 is 32.7 Å². The number of hydrogen-bond donors (Lipinski definition) is 0. The molecule has 1 heterocycles. The zero-order chi connectivity index (χ0) is 8.39. The summed E-state index contributed by atoms with van der Waals surface area (Å²) in [6, 6.07) is 10.3. The Morgan fingerprint density at radius 1 is 1.17 bits per heavy atom. The van der Waals surface area contributed by atoms with Gasteiger partial charge in [-0.15, -0.1) is 0 Å². The Kier molecular flexibility index (Phi) is 2.32. The Labute approximate surface area is 84.7 Å². The van der Waals surface area contributed by atoms with Crippen LogP contribution in [0.2, 0.25) is 0 Å². The zero-order valence-electron chi connectivity index (χ0n) is 6.82. The summed E-state index contributed by atoms with van der Waals surface area (Å²) in [5.41, 5.74) is 1.25. The van der Waals surface area contributed by atoms with Crippen molar-refractivity contribution in [3.8, 4) is 10.4 Å². The quantitative estimate of drug-likeness (QED) is 0.588. The van der Waals surface area contributed by atoms with Gasteiger partial charge in [0, 0.05) is 0 Å². The molecule has 0 amide bonds. The van der Waals surface area contributed by atoms with Crippen molar-refractivity contribution in [2.45, 2.75) is 0 Å². The monoisotopic (exact) mass is 167 g/mol. The van der Waals surface area contributed by atoms with Gasteiger partial charge in [-0.1, -0.05) is 0 Å². The summed E-state index contributed by atoms with van der Waals surface area (Å²) in [4.78, 5) is 5.46. The molecule has 0 aliphatic rings. The molecule has 0 radical (unpaired) electrons. The van der Waals surface area contributed by atoms with Gasteiger partial charge in [-0.05, 0) is 0 Å². The topological polar surface area (TPSA) is 12.9 Å². The van der Waals surface area contributed by atoms with Gasteiger partial charge in [0.1, 0.15) is 0 Å². The van der Waals surface area contributed by atoms with E-state index >= 15 is 0 Å². The predicted molar refractivity (Wildman–Crippen MR) is 52.9 cm³/mol. The van der Waals surface area contributed by atoms with Gasteiger partial charge in [-0.2, -0.15) is 0 Å². The fraction of sp³-hybridized carbons (Fsp3) is 0. The van der Waals surface area contributed by atoms with Gasteiger partial charge in [0.25, 0.3) is 0 Å². The van der Waals surface area contributed by atoms with Crippen molar-refractivity contribution in [2.75, 3.05) is 0 Å². The van der Waals surface area contributed by atoms with Gasteiger partial charge >= 0.3 is 84.7 Å². The fourth-order valence-corrected chi connectivity index (χ4v) is 1.88. The Morgan fingerprint density at radius 3 is 2.50 bits per heavy atom. The van der Waals surface area contributed by atoms with Crippen LogP contribution in [0, 0.1) is 0 Å². The number of rotatable bonds is 1. The third-order valence-corrected chi connectivity index (χ3v) is 2.64. The van der Waals surface area contributed by atoms with E-state index in [1.165, 1.54) is 10.4 Å². The SMILES string of the molecule is [Li][c]1ncc(-c2ccccc2)s1. The van der Waals surface area contributed by atoms with Crippen LogP contribution in [-0.2, 0) is 0 Å². The average molecular weight is 167 g/mol. The molecule has 3 heteroatoms. The zero-order valence-corrected chi connectivity index (χ0v) is 7.64. The third-order valence-electron chi connectivity index (χ3n) is 1.68. The first-order valence-corrected chi connectivity index (χ1v) is 4.66. The molecule has 0 spiro atoms. The van der Waals surface area contributed by atoms with E-state index in [-0.39, 0.29) is 0 Å². The van der Waals surface area contributed by atoms with Crippen LogP contribution in [-0.4, -0.2) is 22.7 Å². The van der Waals surface area contributed by atoms with Crippen LogP contribution < -0.4 is 3.68 Å². The van der Waals surface area contributed by atoms with E-state index in [0.29, 0.717) is 0 Å². The molecule has 0 aliphatic heterocycles. The standard InChI is InChI=1S/C9H6NS.Li/c1-2-4-8(5-3-1)9-6-10-7-11-9;/h1-6H;. The Hall–Kier alpha value is -0.553. The molecule has 1 aromatic carbocycles. The number of hydrogen-bond acceptors (Lipinski definition) is 2. The van der Waals surface area contributed by atoms with E-state index in [1.54, 1.807) is 11.3 Å². The van der Waals surface area contributed by atoms with Crippen molar-refractivity contribution < 1.29 is 0 Å². The second kappa shape index (κ2) is 3.45. The van der Waals surface area contributed by atoms with E-state index in [4.69, 9.17) is 0 Å². The first kappa shape index (κ1) is 8.06. The van der Waals surface area contributed by atoms with Crippen LogP contribution in [0.4, 0.5) is 0 Å². The van der Waals surface area contributed by atoms with Crippen molar-refractivity contribution in [3.05, 3.63) is 36.5 Å². The molecule has 0 N–H and O–H groups in total.